The minimum atomic E-state index is -0.968. The van der Waals surface area contributed by atoms with E-state index in [-0.39, 0.29) is 43.0 Å². The molecule has 3 aliphatic rings. The van der Waals surface area contributed by atoms with Crippen molar-refractivity contribution in [3.05, 3.63) is 0 Å². The molecule has 0 radical (unpaired) electrons. The summed E-state index contributed by atoms with van der Waals surface area (Å²) in [6.07, 6.45) is 2.68. The SMILES string of the molecule is CCCC(C)NC(=O)C1N(CCO)C(=O)[C@@H]2[C@H](C(=O)NC)[C@@H]3CCC12O3. The lowest BCUT2D eigenvalue weighted by atomic mass is 9.70. The number of nitrogens with one attached hydrogen (secondary N) is 2. The van der Waals surface area contributed by atoms with Crippen molar-refractivity contribution >= 4 is 17.7 Å². The summed E-state index contributed by atoms with van der Waals surface area (Å²) >= 11 is 0. The topological polar surface area (TPSA) is 108 Å². The predicted octanol–water partition coefficient (Wildman–Crippen LogP) is -0.596. The number of fused-ring (bicyclic) bond motifs is 1. The van der Waals surface area contributed by atoms with Crippen LogP contribution in [0.3, 0.4) is 0 Å². The van der Waals surface area contributed by atoms with Crippen LogP contribution >= 0.6 is 0 Å². The molecule has 3 fully saturated rings. The zero-order valence-corrected chi connectivity index (χ0v) is 15.7. The summed E-state index contributed by atoms with van der Waals surface area (Å²) in [5, 5.41) is 15.0. The van der Waals surface area contributed by atoms with Gasteiger partial charge in [-0.25, -0.2) is 0 Å². The van der Waals surface area contributed by atoms with Crippen LogP contribution in [-0.4, -0.2) is 71.7 Å². The zero-order chi connectivity index (χ0) is 19.1. The van der Waals surface area contributed by atoms with Gasteiger partial charge in [0.25, 0.3) is 0 Å². The van der Waals surface area contributed by atoms with Crippen molar-refractivity contribution in [1.82, 2.24) is 15.5 Å². The summed E-state index contributed by atoms with van der Waals surface area (Å²) < 4.78 is 6.18. The normalized spacial score (nSPS) is 36.2. The number of aliphatic hydroxyl groups is 1. The lowest BCUT2D eigenvalue weighted by Crippen LogP contribution is -2.56. The van der Waals surface area contributed by atoms with Gasteiger partial charge in [0.05, 0.1) is 24.5 Å². The fourth-order valence-corrected chi connectivity index (χ4v) is 5.10. The molecule has 146 valence electrons. The van der Waals surface area contributed by atoms with Gasteiger partial charge >= 0.3 is 0 Å². The van der Waals surface area contributed by atoms with E-state index in [1.54, 1.807) is 7.05 Å². The molecular formula is C18H29N3O5. The summed E-state index contributed by atoms with van der Waals surface area (Å²) in [5.74, 6) is -1.98. The summed E-state index contributed by atoms with van der Waals surface area (Å²) in [6, 6.07) is -0.812. The van der Waals surface area contributed by atoms with E-state index in [1.165, 1.54) is 4.90 Å². The molecule has 3 rings (SSSR count). The number of aliphatic hydroxyl groups excluding tert-OH is 1. The summed E-state index contributed by atoms with van der Waals surface area (Å²) in [7, 11) is 1.54. The van der Waals surface area contributed by atoms with Crippen LogP contribution in [0.4, 0.5) is 0 Å². The Morgan fingerprint density at radius 2 is 2.15 bits per heavy atom. The Hall–Kier alpha value is -1.67. The van der Waals surface area contributed by atoms with Crippen molar-refractivity contribution in [2.24, 2.45) is 11.8 Å². The van der Waals surface area contributed by atoms with Crippen LogP contribution < -0.4 is 10.6 Å². The number of hydrogen-bond donors (Lipinski definition) is 3. The second-order valence-electron chi connectivity index (χ2n) is 7.62. The van der Waals surface area contributed by atoms with E-state index in [9.17, 15) is 19.5 Å². The number of nitrogens with zero attached hydrogens (tertiary/aromatic N) is 1. The predicted molar refractivity (Wildman–Crippen MR) is 93.0 cm³/mol. The highest BCUT2D eigenvalue weighted by atomic mass is 16.5. The molecule has 0 aliphatic carbocycles. The van der Waals surface area contributed by atoms with Crippen molar-refractivity contribution in [1.29, 1.82) is 0 Å². The minimum absolute atomic E-state index is 0.0117. The van der Waals surface area contributed by atoms with Crippen LogP contribution in [0.1, 0.15) is 39.5 Å². The van der Waals surface area contributed by atoms with E-state index >= 15 is 0 Å². The molecule has 1 spiro atoms. The van der Waals surface area contributed by atoms with Crippen LogP contribution in [0.2, 0.25) is 0 Å². The highest BCUT2D eigenvalue weighted by Gasteiger charge is 2.74. The number of amides is 3. The molecular weight excluding hydrogens is 338 g/mol. The number of ether oxygens (including phenoxy) is 1. The van der Waals surface area contributed by atoms with Gasteiger partial charge in [0.2, 0.25) is 17.7 Å². The lowest BCUT2D eigenvalue weighted by molar-refractivity contribution is -0.142. The van der Waals surface area contributed by atoms with Crippen LogP contribution in [0, 0.1) is 11.8 Å². The van der Waals surface area contributed by atoms with E-state index in [1.807, 2.05) is 13.8 Å². The maximum atomic E-state index is 13.1. The van der Waals surface area contributed by atoms with E-state index < -0.39 is 23.5 Å². The maximum Gasteiger partial charge on any atom is 0.246 e. The Balaban J connectivity index is 1.93. The zero-order valence-electron chi connectivity index (χ0n) is 15.7. The fourth-order valence-electron chi connectivity index (χ4n) is 5.10. The van der Waals surface area contributed by atoms with Crippen LogP contribution in [-0.2, 0) is 19.1 Å². The van der Waals surface area contributed by atoms with Gasteiger partial charge in [-0.1, -0.05) is 13.3 Å². The molecule has 0 saturated carbocycles. The standard InChI is InChI=1S/C18H29N3O5/c1-4-5-10(2)20-16(24)14-18-7-6-11(26-18)12(15(23)19-3)13(18)17(25)21(14)8-9-22/h10-14,22H,4-9H2,1-3H3,(H,19,23)(H,20,24)/t10?,11-,12+,13-,14?,18?/m0/s1. The van der Waals surface area contributed by atoms with Crippen molar-refractivity contribution in [3.63, 3.8) is 0 Å². The molecule has 0 aromatic heterocycles. The van der Waals surface area contributed by atoms with Gasteiger partial charge in [-0.15, -0.1) is 0 Å². The third kappa shape index (κ3) is 2.70. The second kappa shape index (κ2) is 7.15. The first kappa shape index (κ1) is 19.1. The first-order chi connectivity index (χ1) is 12.4. The molecule has 0 aromatic rings. The number of carbonyl (C=O) groups is 3. The van der Waals surface area contributed by atoms with Crippen LogP contribution in [0.15, 0.2) is 0 Å². The Labute approximate surface area is 153 Å². The number of hydrogen-bond acceptors (Lipinski definition) is 5. The van der Waals surface area contributed by atoms with Gasteiger partial charge in [0, 0.05) is 19.6 Å². The van der Waals surface area contributed by atoms with Gasteiger partial charge in [0.15, 0.2) is 0 Å². The lowest BCUT2D eigenvalue weighted by Gasteiger charge is -2.34. The largest absolute Gasteiger partial charge is 0.395 e. The molecule has 3 aliphatic heterocycles. The van der Waals surface area contributed by atoms with Gasteiger partial charge in [0.1, 0.15) is 11.6 Å². The Morgan fingerprint density at radius 3 is 2.77 bits per heavy atom. The van der Waals surface area contributed by atoms with E-state index in [0.29, 0.717) is 12.8 Å². The number of carbonyl (C=O) groups excluding carboxylic acids is 3. The van der Waals surface area contributed by atoms with Gasteiger partial charge in [-0.2, -0.15) is 0 Å². The smallest absolute Gasteiger partial charge is 0.246 e. The number of rotatable bonds is 7. The fraction of sp³-hybridized carbons (Fsp3) is 0.833. The van der Waals surface area contributed by atoms with Crippen LogP contribution in [0.25, 0.3) is 0 Å². The summed E-state index contributed by atoms with van der Waals surface area (Å²) in [6.45, 7) is 3.80. The van der Waals surface area contributed by atoms with E-state index in [0.717, 1.165) is 12.8 Å². The molecule has 26 heavy (non-hydrogen) atoms. The quantitative estimate of drug-likeness (QED) is 0.557. The molecule has 3 N–H and O–H groups in total. The van der Waals surface area contributed by atoms with Crippen LogP contribution in [0.5, 0.6) is 0 Å². The Kier molecular flexibility index (Phi) is 5.25. The molecule has 3 heterocycles. The van der Waals surface area contributed by atoms with E-state index in [4.69, 9.17) is 4.74 Å². The summed E-state index contributed by atoms with van der Waals surface area (Å²) in [4.78, 5) is 40.0. The molecule has 0 aromatic carbocycles. The maximum absolute atomic E-state index is 13.1. The molecule has 6 atom stereocenters. The molecule has 3 amide bonds. The number of likely N-dealkylation sites (tertiary alicyclic amines) is 1. The first-order valence-corrected chi connectivity index (χ1v) is 9.52. The Morgan fingerprint density at radius 1 is 1.42 bits per heavy atom. The van der Waals surface area contributed by atoms with Gasteiger partial charge in [-0.3, -0.25) is 14.4 Å². The molecule has 3 saturated heterocycles. The monoisotopic (exact) mass is 367 g/mol. The molecule has 8 nitrogen and oxygen atoms in total. The number of β-amino-alcohol motifs (C(OH)–C–C–N with tert-alkyl or cyclic N) is 1. The van der Waals surface area contributed by atoms with Gasteiger partial charge < -0.3 is 25.4 Å². The van der Waals surface area contributed by atoms with Crippen molar-refractivity contribution in [3.8, 4) is 0 Å². The Bertz CT molecular complexity index is 597. The highest BCUT2D eigenvalue weighted by Crippen LogP contribution is 2.58. The van der Waals surface area contributed by atoms with Crippen molar-refractivity contribution < 1.29 is 24.2 Å². The van der Waals surface area contributed by atoms with Crippen molar-refractivity contribution in [2.75, 3.05) is 20.2 Å². The van der Waals surface area contributed by atoms with Crippen molar-refractivity contribution in [2.45, 2.75) is 63.3 Å². The second-order valence-corrected chi connectivity index (χ2v) is 7.62. The molecule has 8 heteroatoms. The molecule has 2 bridgehead atoms. The third-order valence-electron chi connectivity index (χ3n) is 6.05. The van der Waals surface area contributed by atoms with E-state index in [2.05, 4.69) is 10.6 Å². The highest BCUT2D eigenvalue weighted by molar-refractivity contribution is 5.98. The third-order valence-corrected chi connectivity index (χ3v) is 6.05. The van der Waals surface area contributed by atoms with Gasteiger partial charge in [-0.05, 0) is 26.2 Å². The average Bonchev–Trinajstić information content (AvgIpc) is 3.23. The molecule has 3 unspecified atom stereocenters. The average molecular weight is 367 g/mol. The first-order valence-electron chi connectivity index (χ1n) is 9.52. The summed E-state index contributed by atoms with van der Waals surface area (Å²) in [5.41, 5.74) is -0.968. The minimum Gasteiger partial charge on any atom is -0.395 e.